The first-order valence-electron chi connectivity index (χ1n) is 10.6. The molecule has 6 nitrogen and oxygen atoms in total. The van der Waals surface area contributed by atoms with E-state index in [0.29, 0.717) is 33.8 Å². The van der Waals surface area contributed by atoms with Crippen LogP contribution in [0.4, 0.5) is 4.79 Å². The summed E-state index contributed by atoms with van der Waals surface area (Å²) in [6.45, 7) is 0.746. The molecule has 2 amide bonds. The van der Waals surface area contributed by atoms with Gasteiger partial charge in [0.05, 0.1) is 18.6 Å². The van der Waals surface area contributed by atoms with E-state index in [4.69, 9.17) is 25.8 Å². The van der Waals surface area contributed by atoms with E-state index in [1.54, 1.807) is 49.6 Å². The number of hydrogen-bond acceptors (Lipinski definition) is 6. The summed E-state index contributed by atoms with van der Waals surface area (Å²) < 4.78 is 18.2. The van der Waals surface area contributed by atoms with Gasteiger partial charge in [0.25, 0.3) is 11.1 Å². The molecule has 0 atom stereocenters. The van der Waals surface area contributed by atoms with Gasteiger partial charge in [-0.2, -0.15) is 0 Å². The quantitative estimate of drug-likeness (QED) is 0.197. The Morgan fingerprint density at radius 2 is 1.71 bits per heavy atom. The van der Waals surface area contributed by atoms with Gasteiger partial charge in [0.1, 0.15) is 19.0 Å². The lowest BCUT2D eigenvalue weighted by Crippen LogP contribution is -2.32. The fraction of sp³-hybridized carbons (Fsp3) is 0.154. The molecule has 0 aromatic heterocycles. The zero-order valence-corrected chi connectivity index (χ0v) is 22.4. The highest BCUT2D eigenvalue weighted by atomic mass is 127. The van der Waals surface area contributed by atoms with Crippen LogP contribution in [0.25, 0.3) is 6.08 Å². The van der Waals surface area contributed by atoms with E-state index in [0.717, 1.165) is 26.5 Å². The molecule has 9 heteroatoms. The van der Waals surface area contributed by atoms with Crippen molar-refractivity contribution in [2.45, 2.75) is 6.61 Å². The maximum Gasteiger partial charge on any atom is 0.293 e. The maximum absolute atomic E-state index is 12.8. The fourth-order valence-corrected chi connectivity index (χ4v) is 4.62. The van der Waals surface area contributed by atoms with Crippen molar-refractivity contribution >= 4 is 63.2 Å². The molecule has 35 heavy (non-hydrogen) atoms. The third-order valence-corrected chi connectivity index (χ3v) is 6.94. The van der Waals surface area contributed by atoms with Gasteiger partial charge < -0.3 is 14.2 Å². The average molecular weight is 622 g/mol. The van der Waals surface area contributed by atoms with Crippen LogP contribution in [0.3, 0.4) is 0 Å². The molecule has 0 unspecified atom stereocenters. The topological polar surface area (TPSA) is 65.1 Å². The number of carbonyl (C=O) groups excluding carboxylic acids is 2. The summed E-state index contributed by atoms with van der Waals surface area (Å²) in [5, 5.41) is 0.279. The minimum absolute atomic E-state index is 0.152. The van der Waals surface area contributed by atoms with Crippen molar-refractivity contribution < 1.29 is 23.8 Å². The van der Waals surface area contributed by atoms with E-state index in [-0.39, 0.29) is 24.3 Å². The predicted octanol–water partition coefficient (Wildman–Crippen LogP) is 6.65. The summed E-state index contributed by atoms with van der Waals surface area (Å²) in [6.07, 6.45) is 1.68. The molecular formula is C26H21ClINO5S. The van der Waals surface area contributed by atoms with Crippen molar-refractivity contribution in [1.29, 1.82) is 0 Å². The number of rotatable bonds is 9. The summed E-state index contributed by atoms with van der Waals surface area (Å²) in [6, 6.07) is 20.4. The van der Waals surface area contributed by atoms with E-state index in [2.05, 4.69) is 22.6 Å². The van der Waals surface area contributed by atoms with Crippen molar-refractivity contribution in [3.8, 4) is 17.2 Å². The van der Waals surface area contributed by atoms with Crippen molar-refractivity contribution in [3.05, 3.63) is 91.4 Å². The van der Waals surface area contributed by atoms with Crippen LogP contribution in [0, 0.1) is 3.57 Å². The van der Waals surface area contributed by atoms with Gasteiger partial charge in [-0.05, 0) is 100 Å². The van der Waals surface area contributed by atoms with E-state index in [9.17, 15) is 9.59 Å². The first-order valence-corrected chi connectivity index (χ1v) is 12.9. The standard InChI is InChI=1S/C26H21ClINO5S/c1-32-23-14-18(4-11-22(23)34-16-17-2-7-20(28)8-3-17)15-24-25(30)29(26(31)35-24)12-13-33-21-9-5-19(27)6-10-21/h2-11,14-15H,12-13,16H2,1H3/b24-15-. The number of benzene rings is 3. The highest BCUT2D eigenvalue weighted by molar-refractivity contribution is 14.1. The molecule has 1 saturated heterocycles. The summed E-state index contributed by atoms with van der Waals surface area (Å²) in [5.74, 6) is 1.40. The maximum atomic E-state index is 12.8. The molecular weight excluding hydrogens is 601 g/mol. The van der Waals surface area contributed by atoms with Crippen LogP contribution in [0.1, 0.15) is 11.1 Å². The molecule has 0 bridgehead atoms. The molecule has 3 aromatic carbocycles. The van der Waals surface area contributed by atoms with E-state index in [1.165, 1.54) is 4.90 Å². The number of nitrogens with zero attached hydrogens (tertiary/aromatic N) is 1. The van der Waals surface area contributed by atoms with Crippen LogP contribution in [0.2, 0.25) is 5.02 Å². The van der Waals surface area contributed by atoms with Gasteiger partial charge in [-0.1, -0.05) is 29.8 Å². The van der Waals surface area contributed by atoms with Crippen LogP contribution in [0.15, 0.2) is 71.6 Å². The number of amides is 2. The Morgan fingerprint density at radius 3 is 2.43 bits per heavy atom. The molecule has 1 fully saturated rings. The summed E-state index contributed by atoms with van der Waals surface area (Å²) in [5.41, 5.74) is 1.77. The van der Waals surface area contributed by atoms with Gasteiger partial charge in [-0.25, -0.2) is 0 Å². The lowest BCUT2D eigenvalue weighted by molar-refractivity contribution is -0.123. The molecule has 1 aliphatic heterocycles. The Balaban J connectivity index is 1.38. The molecule has 1 heterocycles. The Morgan fingerprint density at radius 1 is 0.971 bits per heavy atom. The molecule has 4 rings (SSSR count). The van der Waals surface area contributed by atoms with Crippen molar-refractivity contribution in [2.24, 2.45) is 0 Å². The van der Waals surface area contributed by atoms with Crippen LogP contribution in [-0.4, -0.2) is 36.3 Å². The zero-order valence-electron chi connectivity index (χ0n) is 18.7. The van der Waals surface area contributed by atoms with Crippen LogP contribution in [0.5, 0.6) is 17.2 Å². The van der Waals surface area contributed by atoms with Crippen LogP contribution < -0.4 is 14.2 Å². The number of thioether (sulfide) groups is 1. The Labute approximate surface area is 226 Å². The minimum Gasteiger partial charge on any atom is -0.493 e. The van der Waals surface area contributed by atoms with Gasteiger partial charge in [0.2, 0.25) is 0 Å². The number of halogens is 2. The normalized spacial score (nSPS) is 14.5. The van der Waals surface area contributed by atoms with Crippen LogP contribution in [-0.2, 0) is 11.4 Å². The predicted molar refractivity (Wildman–Crippen MR) is 146 cm³/mol. The number of imide groups is 1. The molecule has 0 saturated carbocycles. The second-order valence-electron chi connectivity index (χ2n) is 7.46. The molecule has 1 aliphatic rings. The second-order valence-corrected chi connectivity index (χ2v) is 10.1. The summed E-state index contributed by atoms with van der Waals surface area (Å²) >= 11 is 9.03. The first kappa shape index (κ1) is 25.4. The highest BCUT2D eigenvalue weighted by Crippen LogP contribution is 2.34. The molecule has 0 radical (unpaired) electrons. The molecule has 0 spiro atoms. The summed E-state index contributed by atoms with van der Waals surface area (Å²) in [4.78, 5) is 26.7. The third-order valence-electron chi connectivity index (χ3n) is 5.06. The zero-order chi connectivity index (χ0) is 24.8. The Bertz CT molecular complexity index is 1250. The molecule has 3 aromatic rings. The number of carbonyl (C=O) groups is 2. The van der Waals surface area contributed by atoms with Gasteiger partial charge in [0.15, 0.2) is 11.5 Å². The summed E-state index contributed by atoms with van der Waals surface area (Å²) in [7, 11) is 1.56. The SMILES string of the molecule is COc1cc(/C=C2\SC(=O)N(CCOc3ccc(Cl)cc3)C2=O)ccc1OCc1ccc(I)cc1. The number of methoxy groups -OCH3 is 1. The third kappa shape index (κ3) is 6.71. The molecule has 0 N–H and O–H groups in total. The Kier molecular flexibility index (Phi) is 8.59. The molecule has 180 valence electrons. The van der Waals surface area contributed by atoms with Crippen molar-refractivity contribution in [3.63, 3.8) is 0 Å². The minimum atomic E-state index is -0.349. The van der Waals surface area contributed by atoms with Gasteiger partial charge in [-0.15, -0.1) is 0 Å². The lowest BCUT2D eigenvalue weighted by Gasteiger charge is -2.13. The number of ether oxygens (including phenoxy) is 3. The second kappa shape index (κ2) is 11.8. The van der Waals surface area contributed by atoms with Gasteiger partial charge >= 0.3 is 0 Å². The molecule has 0 aliphatic carbocycles. The smallest absolute Gasteiger partial charge is 0.293 e. The van der Waals surface area contributed by atoms with Crippen molar-refractivity contribution in [1.82, 2.24) is 4.90 Å². The largest absolute Gasteiger partial charge is 0.493 e. The van der Waals surface area contributed by atoms with Crippen LogP contribution >= 0.6 is 46.0 Å². The van der Waals surface area contributed by atoms with Gasteiger partial charge in [0, 0.05) is 8.59 Å². The van der Waals surface area contributed by atoms with E-state index in [1.807, 2.05) is 30.3 Å². The van der Waals surface area contributed by atoms with E-state index < -0.39 is 0 Å². The highest BCUT2D eigenvalue weighted by Gasteiger charge is 2.34. The first-order chi connectivity index (χ1) is 16.9. The lowest BCUT2D eigenvalue weighted by atomic mass is 10.1. The van der Waals surface area contributed by atoms with Gasteiger partial charge in [-0.3, -0.25) is 14.5 Å². The fourth-order valence-electron chi connectivity index (χ4n) is 3.26. The Hall–Kier alpha value is -2.69. The van der Waals surface area contributed by atoms with Crippen molar-refractivity contribution in [2.75, 3.05) is 20.3 Å². The van der Waals surface area contributed by atoms with E-state index >= 15 is 0 Å². The number of hydrogen-bond donors (Lipinski definition) is 0. The average Bonchev–Trinajstić information content (AvgIpc) is 3.12. The monoisotopic (exact) mass is 621 g/mol.